The molecule has 0 aliphatic carbocycles. The molecule has 1 heterocycles. The standard InChI is InChI=1S/C18H17BrN4/c1-12-6-5-8-14(10-12)21-17-15(19)11-20-18(23-17)22-16-9-4-3-7-13(16)2/h3-11H,1-2H3,(H2,20,21,22,23). The van der Waals surface area contributed by atoms with Gasteiger partial charge in [0.15, 0.2) is 0 Å². The maximum absolute atomic E-state index is 4.55. The van der Waals surface area contributed by atoms with Crippen LogP contribution >= 0.6 is 15.9 Å². The molecule has 2 aromatic carbocycles. The molecule has 0 spiro atoms. The predicted molar refractivity (Wildman–Crippen MR) is 98.7 cm³/mol. The summed E-state index contributed by atoms with van der Waals surface area (Å²) in [7, 11) is 0. The summed E-state index contributed by atoms with van der Waals surface area (Å²) in [5.41, 5.74) is 4.33. The lowest BCUT2D eigenvalue weighted by molar-refractivity contribution is 1.15. The molecule has 2 N–H and O–H groups in total. The molecule has 1 aromatic heterocycles. The van der Waals surface area contributed by atoms with Crippen molar-refractivity contribution in [1.29, 1.82) is 0 Å². The van der Waals surface area contributed by atoms with E-state index in [1.165, 1.54) is 5.56 Å². The average Bonchev–Trinajstić information content (AvgIpc) is 2.53. The molecule has 0 unspecified atom stereocenters. The van der Waals surface area contributed by atoms with Gasteiger partial charge < -0.3 is 10.6 Å². The highest BCUT2D eigenvalue weighted by Gasteiger charge is 2.07. The first-order chi connectivity index (χ1) is 11.1. The summed E-state index contributed by atoms with van der Waals surface area (Å²) < 4.78 is 0.814. The van der Waals surface area contributed by atoms with E-state index >= 15 is 0 Å². The molecule has 0 saturated carbocycles. The summed E-state index contributed by atoms with van der Waals surface area (Å²) in [6.45, 7) is 4.11. The van der Waals surface area contributed by atoms with Crippen LogP contribution in [0.25, 0.3) is 0 Å². The van der Waals surface area contributed by atoms with Gasteiger partial charge in [-0.3, -0.25) is 0 Å². The van der Waals surface area contributed by atoms with Crippen LogP contribution in [0.3, 0.4) is 0 Å². The van der Waals surface area contributed by atoms with Crippen LogP contribution < -0.4 is 10.6 Å². The van der Waals surface area contributed by atoms with Gasteiger partial charge in [-0.15, -0.1) is 0 Å². The van der Waals surface area contributed by atoms with E-state index in [1.54, 1.807) is 6.20 Å². The van der Waals surface area contributed by atoms with Crippen molar-refractivity contribution in [3.8, 4) is 0 Å². The van der Waals surface area contributed by atoms with Crippen molar-refractivity contribution in [2.24, 2.45) is 0 Å². The van der Waals surface area contributed by atoms with Crippen LogP contribution in [0.15, 0.2) is 59.2 Å². The third-order valence-corrected chi connectivity index (χ3v) is 4.00. The molecule has 0 aliphatic heterocycles. The van der Waals surface area contributed by atoms with E-state index < -0.39 is 0 Å². The van der Waals surface area contributed by atoms with Gasteiger partial charge in [0.1, 0.15) is 5.82 Å². The lowest BCUT2D eigenvalue weighted by atomic mass is 10.2. The summed E-state index contributed by atoms with van der Waals surface area (Å²) >= 11 is 3.49. The molecule has 0 amide bonds. The molecule has 3 aromatic rings. The first-order valence-corrected chi connectivity index (χ1v) is 8.10. The fraction of sp³-hybridized carbons (Fsp3) is 0.111. The summed E-state index contributed by atoms with van der Waals surface area (Å²) in [5, 5.41) is 6.57. The van der Waals surface area contributed by atoms with E-state index in [1.807, 2.05) is 43.3 Å². The van der Waals surface area contributed by atoms with Crippen molar-refractivity contribution in [3.05, 3.63) is 70.3 Å². The number of anilines is 4. The Hall–Kier alpha value is -2.40. The second-order valence-electron chi connectivity index (χ2n) is 5.32. The molecule has 0 bridgehead atoms. The Balaban J connectivity index is 1.86. The van der Waals surface area contributed by atoms with E-state index in [-0.39, 0.29) is 0 Å². The molecule has 0 radical (unpaired) electrons. The minimum atomic E-state index is 0.553. The topological polar surface area (TPSA) is 49.8 Å². The maximum Gasteiger partial charge on any atom is 0.229 e. The minimum Gasteiger partial charge on any atom is -0.339 e. The van der Waals surface area contributed by atoms with Crippen molar-refractivity contribution < 1.29 is 0 Å². The van der Waals surface area contributed by atoms with Crippen molar-refractivity contribution in [1.82, 2.24) is 9.97 Å². The van der Waals surface area contributed by atoms with E-state index in [4.69, 9.17) is 0 Å². The molecule has 5 heteroatoms. The van der Waals surface area contributed by atoms with Crippen LogP contribution in [0.1, 0.15) is 11.1 Å². The molecule has 23 heavy (non-hydrogen) atoms. The molecule has 116 valence electrons. The van der Waals surface area contributed by atoms with E-state index in [0.29, 0.717) is 5.95 Å². The highest BCUT2D eigenvalue weighted by molar-refractivity contribution is 9.10. The zero-order valence-electron chi connectivity index (χ0n) is 13.0. The SMILES string of the molecule is Cc1cccc(Nc2nc(Nc3ccccc3C)ncc2Br)c1. The Morgan fingerprint density at radius 1 is 0.957 bits per heavy atom. The number of halogens is 1. The number of hydrogen-bond donors (Lipinski definition) is 2. The number of hydrogen-bond acceptors (Lipinski definition) is 4. The number of benzene rings is 2. The number of aromatic nitrogens is 2. The van der Waals surface area contributed by atoms with Crippen LogP contribution in [0.2, 0.25) is 0 Å². The molecular formula is C18H17BrN4. The van der Waals surface area contributed by atoms with Gasteiger partial charge in [0.05, 0.1) is 4.47 Å². The number of para-hydroxylation sites is 1. The van der Waals surface area contributed by atoms with Gasteiger partial charge in [-0.2, -0.15) is 4.98 Å². The first kappa shape index (κ1) is 15.5. The first-order valence-electron chi connectivity index (χ1n) is 7.31. The third kappa shape index (κ3) is 3.87. The summed E-state index contributed by atoms with van der Waals surface area (Å²) in [6, 6.07) is 16.2. The van der Waals surface area contributed by atoms with Crippen LogP contribution in [-0.2, 0) is 0 Å². The van der Waals surface area contributed by atoms with Gasteiger partial charge in [-0.05, 0) is 59.1 Å². The van der Waals surface area contributed by atoms with Crippen molar-refractivity contribution in [3.63, 3.8) is 0 Å². The fourth-order valence-corrected chi connectivity index (χ4v) is 2.50. The molecule has 3 rings (SSSR count). The summed E-state index contributed by atoms with van der Waals surface area (Å²) in [6.07, 6.45) is 1.74. The van der Waals surface area contributed by atoms with Crippen molar-refractivity contribution in [2.75, 3.05) is 10.6 Å². The van der Waals surface area contributed by atoms with Gasteiger partial charge in [0.2, 0.25) is 5.95 Å². The van der Waals surface area contributed by atoms with Gasteiger partial charge in [-0.25, -0.2) is 4.98 Å². The van der Waals surface area contributed by atoms with Gasteiger partial charge in [0.25, 0.3) is 0 Å². The minimum absolute atomic E-state index is 0.553. The quantitative estimate of drug-likeness (QED) is 0.652. The molecule has 0 atom stereocenters. The van der Waals surface area contributed by atoms with Gasteiger partial charge >= 0.3 is 0 Å². The monoisotopic (exact) mass is 368 g/mol. The highest BCUT2D eigenvalue weighted by Crippen LogP contribution is 2.26. The van der Waals surface area contributed by atoms with Gasteiger partial charge in [-0.1, -0.05) is 30.3 Å². The van der Waals surface area contributed by atoms with Crippen LogP contribution in [0.5, 0.6) is 0 Å². The zero-order chi connectivity index (χ0) is 16.2. The van der Waals surface area contributed by atoms with E-state index in [2.05, 4.69) is 55.6 Å². The second-order valence-corrected chi connectivity index (χ2v) is 6.18. The van der Waals surface area contributed by atoms with Crippen LogP contribution in [0.4, 0.5) is 23.1 Å². The zero-order valence-corrected chi connectivity index (χ0v) is 14.6. The van der Waals surface area contributed by atoms with E-state index in [0.717, 1.165) is 27.2 Å². The van der Waals surface area contributed by atoms with Crippen LogP contribution in [-0.4, -0.2) is 9.97 Å². The van der Waals surface area contributed by atoms with Gasteiger partial charge in [0, 0.05) is 17.6 Å². The molecule has 4 nitrogen and oxygen atoms in total. The van der Waals surface area contributed by atoms with E-state index in [9.17, 15) is 0 Å². The predicted octanol–water partition coefficient (Wildman–Crippen LogP) is 5.34. The highest BCUT2D eigenvalue weighted by atomic mass is 79.9. The Bertz CT molecular complexity index is 833. The lowest BCUT2D eigenvalue weighted by Crippen LogP contribution is -2.02. The number of nitrogens with one attached hydrogen (secondary N) is 2. The summed E-state index contributed by atoms with van der Waals surface area (Å²) in [4.78, 5) is 8.88. The molecule has 0 fully saturated rings. The Kier molecular flexibility index (Phi) is 4.57. The maximum atomic E-state index is 4.55. The Morgan fingerprint density at radius 2 is 1.78 bits per heavy atom. The lowest BCUT2D eigenvalue weighted by Gasteiger charge is -2.11. The van der Waals surface area contributed by atoms with Crippen molar-refractivity contribution >= 4 is 39.1 Å². The molecule has 0 aliphatic rings. The smallest absolute Gasteiger partial charge is 0.229 e. The molecule has 0 saturated heterocycles. The van der Waals surface area contributed by atoms with Crippen molar-refractivity contribution in [2.45, 2.75) is 13.8 Å². The Labute approximate surface area is 144 Å². The fourth-order valence-electron chi connectivity index (χ4n) is 2.21. The summed E-state index contributed by atoms with van der Waals surface area (Å²) in [5.74, 6) is 1.28. The second kappa shape index (κ2) is 6.79. The molecular weight excluding hydrogens is 352 g/mol. The number of aryl methyl sites for hydroxylation is 2. The largest absolute Gasteiger partial charge is 0.339 e. The number of rotatable bonds is 4. The van der Waals surface area contributed by atoms with Crippen LogP contribution in [0, 0.1) is 13.8 Å². The third-order valence-electron chi connectivity index (χ3n) is 3.42. The number of nitrogens with zero attached hydrogens (tertiary/aromatic N) is 2. The average molecular weight is 369 g/mol. The normalized spacial score (nSPS) is 10.4. The Morgan fingerprint density at radius 3 is 2.57 bits per heavy atom.